The van der Waals surface area contributed by atoms with Gasteiger partial charge in [0.25, 0.3) is 5.91 Å². The molecule has 0 spiro atoms. The fraction of sp³-hybridized carbons (Fsp3) is 0.286. The SMILES string of the molecule is O=C(c1ccc(-c2ccccc2)cc1)N1CCCC(c2nnc(C(F)(F)F)o2)C1. The number of nitrogens with zero attached hydrogens (tertiary/aromatic N) is 3. The van der Waals surface area contributed by atoms with Gasteiger partial charge in [-0.3, -0.25) is 4.79 Å². The fourth-order valence-corrected chi connectivity index (χ4v) is 3.50. The second-order valence-electron chi connectivity index (χ2n) is 6.98. The number of rotatable bonds is 3. The van der Waals surface area contributed by atoms with Crippen molar-refractivity contribution in [1.29, 1.82) is 0 Å². The molecule has 3 aromatic rings. The first kappa shape index (κ1) is 19.2. The maximum absolute atomic E-state index is 12.9. The van der Waals surface area contributed by atoms with Gasteiger partial charge in [-0.05, 0) is 36.1 Å². The molecule has 0 bridgehead atoms. The van der Waals surface area contributed by atoms with Crippen molar-refractivity contribution in [3.8, 4) is 11.1 Å². The van der Waals surface area contributed by atoms with Crippen LogP contribution < -0.4 is 0 Å². The minimum absolute atomic E-state index is 0.0748. The van der Waals surface area contributed by atoms with E-state index in [1.807, 2.05) is 42.5 Å². The maximum atomic E-state index is 12.9. The first-order valence-electron chi connectivity index (χ1n) is 9.27. The summed E-state index contributed by atoms with van der Waals surface area (Å²) in [5.74, 6) is -1.99. The Kier molecular flexibility index (Phi) is 5.08. The third-order valence-electron chi connectivity index (χ3n) is 4.98. The Morgan fingerprint density at radius 3 is 2.34 bits per heavy atom. The van der Waals surface area contributed by atoms with E-state index < -0.39 is 18.0 Å². The van der Waals surface area contributed by atoms with E-state index in [1.54, 1.807) is 17.0 Å². The van der Waals surface area contributed by atoms with Gasteiger partial charge in [0.1, 0.15) is 0 Å². The standard InChI is InChI=1S/C21H18F3N3O2/c22-21(23,24)20-26-25-18(29-20)17-7-4-12-27(13-17)19(28)16-10-8-15(9-11-16)14-5-2-1-3-6-14/h1-3,5-6,8-11,17H,4,7,12-13H2. The number of alkyl halides is 3. The van der Waals surface area contributed by atoms with E-state index >= 15 is 0 Å². The van der Waals surface area contributed by atoms with Crippen molar-refractivity contribution in [1.82, 2.24) is 15.1 Å². The van der Waals surface area contributed by atoms with E-state index in [0.717, 1.165) is 11.1 Å². The number of likely N-dealkylation sites (tertiary alicyclic amines) is 1. The van der Waals surface area contributed by atoms with Gasteiger partial charge in [-0.15, -0.1) is 10.2 Å². The average molecular weight is 401 g/mol. The van der Waals surface area contributed by atoms with Crippen LogP contribution in [0.25, 0.3) is 11.1 Å². The minimum Gasteiger partial charge on any atom is -0.417 e. The number of hydrogen-bond donors (Lipinski definition) is 0. The van der Waals surface area contributed by atoms with E-state index in [2.05, 4.69) is 10.2 Å². The number of piperidine rings is 1. The molecule has 5 nitrogen and oxygen atoms in total. The number of amides is 1. The lowest BCUT2D eigenvalue weighted by atomic mass is 9.97. The van der Waals surface area contributed by atoms with Crippen molar-refractivity contribution in [3.05, 3.63) is 71.9 Å². The van der Waals surface area contributed by atoms with Crippen LogP contribution in [0.5, 0.6) is 0 Å². The number of carbonyl (C=O) groups excluding carboxylic acids is 1. The smallest absolute Gasteiger partial charge is 0.417 e. The van der Waals surface area contributed by atoms with Gasteiger partial charge in [-0.2, -0.15) is 13.2 Å². The van der Waals surface area contributed by atoms with Crippen molar-refractivity contribution >= 4 is 5.91 Å². The highest BCUT2D eigenvalue weighted by atomic mass is 19.4. The highest BCUT2D eigenvalue weighted by Crippen LogP contribution is 2.32. The minimum atomic E-state index is -4.67. The van der Waals surface area contributed by atoms with Gasteiger partial charge >= 0.3 is 12.1 Å². The molecule has 1 saturated heterocycles. The Morgan fingerprint density at radius 1 is 1.00 bits per heavy atom. The number of carbonyl (C=O) groups is 1. The molecule has 1 atom stereocenters. The first-order valence-corrected chi connectivity index (χ1v) is 9.27. The van der Waals surface area contributed by atoms with Gasteiger partial charge < -0.3 is 9.32 Å². The monoisotopic (exact) mass is 401 g/mol. The summed E-state index contributed by atoms with van der Waals surface area (Å²) in [6.45, 7) is 0.787. The van der Waals surface area contributed by atoms with Crippen LogP contribution in [0.4, 0.5) is 13.2 Å². The van der Waals surface area contributed by atoms with Crippen molar-refractivity contribution < 1.29 is 22.4 Å². The molecule has 0 aliphatic carbocycles. The van der Waals surface area contributed by atoms with Crippen molar-refractivity contribution in [3.63, 3.8) is 0 Å². The van der Waals surface area contributed by atoms with Crippen molar-refractivity contribution in [2.24, 2.45) is 0 Å². The molecule has 150 valence electrons. The lowest BCUT2D eigenvalue weighted by Gasteiger charge is -2.31. The van der Waals surface area contributed by atoms with Crippen LogP contribution in [0.1, 0.15) is 40.9 Å². The van der Waals surface area contributed by atoms with Gasteiger partial charge in [-0.1, -0.05) is 42.5 Å². The molecule has 2 aromatic carbocycles. The van der Waals surface area contributed by atoms with Crippen LogP contribution in [0.2, 0.25) is 0 Å². The van der Waals surface area contributed by atoms with Gasteiger partial charge in [0.2, 0.25) is 5.89 Å². The number of halogens is 3. The third-order valence-corrected chi connectivity index (χ3v) is 4.98. The van der Waals surface area contributed by atoms with Crippen LogP contribution in [0.3, 0.4) is 0 Å². The summed E-state index contributed by atoms with van der Waals surface area (Å²) in [4.78, 5) is 14.5. The molecule has 1 unspecified atom stereocenters. The van der Waals surface area contributed by atoms with E-state index in [-0.39, 0.29) is 18.3 Å². The zero-order valence-corrected chi connectivity index (χ0v) is 15.4. The summed E-state index contributed by atoms with van der Waals surface area (Å²) >= 11 is 0. The Balaban J connectivity index is 1.47. The van der Waals surface area contributed by atoms with Gasteiger partial charge in [0.15, 0.2) is 0 Å². The topological polar surface area (TPSA) is 59.2 Å². The normalized spacial score (nSPS) is 17.3. The summed E-state index contributed by atoms with van der Waals surface area (Å²) in [5.41, 5.74) is 2.59. The molecule has 4 rings (SSSR count). The summed E-state index contributed by atoms with van der Waals surface area (Å²) in [6.07, 6.45) is -3.42. The zero-order chi connectivity index (χ0) is 20.4. The number of aromatic nitrogens is 2. The molecule has 1 aromatic heterocycles. The molecule has 1 amide bonds. The predicted octanol–water partition coefficient (Wildman–Crippen LogP) is 4.78. The van der Waals surface area contributed by atoms with Crippen LogP contribution in [0, 0.1) is 0 Å². The third kappa shape index (κ3) is 4.16. The van der Waals surface area contributed by atoms with Crippen LogP contribution in [-0.2, 0) is 6.18 Å². The largest absolute Gasteiger partial charge is 0.470 e. The Hall–Kier alpha value is -3.16. The number of benzene rings is 2. The van der Waals surface area contributed by atoms with Crippen molar-refractivity contribution in [2.45, 2.75) is 24.9 Å². The number of hydrogen-bond acceptors (Lipinski definition) is 4. The van der Waals surface area contributed by atoms with Gasteiger partial charge in [0.05, 0.1) is 5.92 Å². The average Bonchev–Trinajstić information content (AvgIpc) is 3.25. The zero-order valence-electron chi connectivity index (χ0n) is 15.4. The second kappa shape index (κ2) is 7.69. The van der Waals surface area contributed by atoms with E-state index in [0.29, 0.717) is 24.9 Å². The van der Waals surface area contributed by atoms with Crippen LogP contribution in [0.15, 0.2) is 59.0 Å². The molecule has 1 aliphatic heterocycles. The van der Waals surface area contributed by atoms with Crippen LogP contribution >= 0.6 is 0 Å². The summed E-state index contributed by atoms with van der Waals surface area (Å²) in [5, 5.41) is 6.63. The highest BCUT2D eigenvalue weighted by Gasteiger charge is 2.39. The van der Waals surface area contributed by atoms with Gasteiger partial charge in [-0.25, -0.2) is 0 Å². The summed E-state index contributed by atoms with van der Waals surface area (Å²) in [6, 6.07) is 17.1. The molecule has 0 N–H and O–H groups in total. The summed E-state index contributed by atoms with van der Waals surface area (Å²) < 4.78 is 42.9. The molecular formula is C21H18F3N3O2. The van der Waals surface area contributed by atoms with E-state index in [1.165, 1.54) is 0 Å². The molecule has 1 fully saturated rings. The fourth-order valence-electron chi connectivity index (χ4n) is 3.50. The van der Waals surface area contributed by atoms with E-state index in [9.17, 15) is 18.0 Å². The first-order chi connectivity index (χ1) is 13.9. The van der Waals surface area contributed by atoms with Crippen LogP contribution in [-0.4, -0.2) is 34.1 Å². The van der Waals surface area contributed by atoms with Gasteiger partial charge in [0, 0.05) is 18.7 Å². The van der Waals surface area contributed by atoms with Crippen molar-refractivity contribution in [2.75, 3.05) is 13.1 Å². The maximum Gasteiger partial charge on any atom is 0.470 e. The molecule has 29 heavy (non-hydrogen) atoms. The lowest BCUT2D eigenvalue weighted by molar-refractivity contribution is -0.157. The highest BCUT2D eigenvalue weighted by molar-refractivity contribution is 5.94. The Bertz CT molecular complexity index is 984. The molecule has 1 aliphatic rings. The molecular weight excluding hydrogens is 383 g/mol. The Morgan fingerprint density at radius 2 is 1.69 bits per heavy atom. The molecule has 0 saturated carbocycles. The lowest BCUT2D eigenvalue weighted by Crippen LogP contribution is -2.39. The predicted molar refractivity (Wildman–Crippen MR) is 99.1 cm³/mol. The molecule has 0 radical (unpaired) electrons. The van der Waals surface area contributed by atoms with E-state index in [4.69, 9.17) is 4.42 Å². The molecule has 8 heteroatoms. The summed E-state index contributed by atoms with van der Waals surface area (Å²) in [7, 11) is 0. The quantitative estimate of drug-likeness (QED) is 0.634. The Labute approximate surface area is 165 Å². The molecule has 2 heterocycles. The second-order valence-corrected chi connectivity index (χ2v) is 6.98.